The van der Waals surface area contributed by atoms with Gasteiger partial charge in [0.05, 0.1) is 19.8 Å². The minimum atomic E-state index is -3.53. The molecule has 0 bridgehead atoms. The summed E-state index contributed by atoms with van der Waals surface area (Å²) in [4.78, 5) is 34.3. The predicted molar refractivity (Wildman–Crippen MR) is 200 cm³/mol. The fraction of sp³-hybridized carbons (Fsp3) is 1.00. The summed E-state index contributed by atoms with van der Waals surface area (Å²) in [5.41, 5.74) is 0. The Kier molecular flexibility index (Phi) is 48.3. The van der Waals surface area contributed by atoms with Crippen LogP contribution in [0.4, 0.5) is 0 Å². The third-order valence-electron chi connectivity index (χ3n) is 7.71. The second-order valence-corrected chi connectivity index (χ2v) is 18.6. The van der Waals surface area contributed by atoms with Crippen molar-refractivity contribution in [1.82, 2.24) is 0 Å². The van der Waals surface area contributed by atoms with Gasteiger partial charge in [0.15, 0.2) is 0 Å². The van der Waals surface area contributed by atoms with Crippen LogP contribution in [0.1, 0.15) is 196 Å². The average molecular weight is 800 g/mol. The van der Waals surface area contributed by atoms with Gasteiger partial charge in [-0.15, -0.1) is 0 Å². The van der Waals surface area contributed by atoms with Crippen molar-refractivity contribution in [3.05, 3.63) is 0 Å². The van der Waals surface area contributed by atoms with E-state index in [0.29, 0.717) is 19.8 Å². The molecule has 0 aromatic rings. The van der Waals surface area contributed by atoms with Gasteiger partial charge in [0.2, 0.25) is 0 Å². The van der Waals surface area contributed by atoms with Crippen LogP contribution in [0.2, 0.25) is 0 Å². The van der Waals surface area contributed by atoms with Crippen molar-refractivity contribution in [3.63, 3.8) is 0 Å². The summed E-state index contributed by atoms with van der Waals surface area (Å²) >= 11 is 0. The smallest absolute Gasteiger partial charge is 0.778 e. The summed E-state index contributed by atoms with van der Waals surface area (Å²) in [7, 11) is -10.6. The van der Waals surface area contributed by atoms with Crippen LogP contribution in [0.15, 0.2) is 0 Å². The second kappa shape index (κ2) is 41.7. The van der Waals surface area contributed by atoms with Crippen molar-refractivity contribution in [2.45, 2.75) is 196 Å². The summed E-state index contributed by atoms with van der Waals surface area (Å²) < 4.78 is 49.2. The molecule has 0 N–H and O–H groups in total. The zero-order chi connectivity index (χ0) is 36.8. The van der Waals surface area contributed by atoms with Crippen LogP contribution >= 0.6 is 22.8 Å². The molecular formula is C36H78CrO9P3. The first-order valence-electron chi connectivity index (χ1n) is 19.7. The van der Waals surface area contributed by atoms with Crippen molar-refractivity contribution in [3.8, 4) is 0 Å². The summed E-state index contributed by atoms with van der Waals surface area (Å²) in [5.74, 6) is 0. The SMILES string of the molecule is CCCCCCOP(=O)([O-])CCCCCC.CCCCCCOP(=O)([O-])CCCCCC.CCCCCCOP(=O)([O-])CCCCCC.[Cr+3]. The molecule has 3 unspecified atom stereocenters. The van der Waals surface area contributed by atoms with E-state index in [1.165, 1.54) is 0 Å². The Balaban J connectivity index is -0.000000307. The predicted octanol–water partition coefficient (Wildman–Crippen LogP) is 11.1. The molecular weight excluding hydrogens is 721 g/mol. The summed E-state index contributed by atoms with van der Waals surface area (Å²) in [6.07, 6.45) is 25.2. The van der Waals surface area contributed by atoms with Crippen LogP contribution in [0.5, 0.6) is 0 Å². The molecule has 3 atom stereocenters. The Morgan fingerprint density at radius 2 is 0.510 bits per heavy atom. The van der Waals surface area contributed by atoms with Gasteiger partial charge in [-0.05, 0) is 38.5 Å². The topological polar surface area (TPSA) is 148 Å². The molecule has 0 aromatic carbocycles. The third kappa shape index (κ3) is 51.1. The summed E-state index contributed by atoms with van der Waals surface area (Å²) in [6, 6.07) is 0. The van der Waals surface area contributed by atoms with Gasteiger partial charge in [-0.25, -0.2) is 0 Å². The fourth-order valence-corrected chi connectivity index (χ4v) is 8.03. The third-order valence-corrected chi connectivity index (χ3v) is 12.0. The van der Waals surface area contributed by atoms with Crippen LogP contribution in [0.3, 0.4) is 0 Å². The Labute approximate surface area is 315 Å². The van der Waals surface area contributed by atoms with Gasteiger partial charge in [-0.3, -0.25) is 0 Å². The van der Waals surface area contributed by atoms with E-state index in [1.54, 1.807) is 0 Å². The molecule has 13 heteroatoms. The zero-order valence-corrected chi connectivity index (χ0v) is 36.6. The Bertz CT molecular complexity index is 691. The molecule has 9 nitrogen and oxygen atoms in total. The van der Waals surface area contributed by atoms with Gasteiger partial charge in [-0.2, -0.15) is 0 Å². The quantitative estimate of drug-likeness (QED) is 0.0467. The van der Waals surface area contributed by atoms with E-state index < -0.39 is 22.8 Å². The molecule has 0 amide bonds. The van der Waals surface area contributed by atoms with E-state index in [1.807, 2.05) is 0 Å². The molecule has 49 heavy (non-hydrogen) atoms. The molecule has 0 saturated heterocycles. The first kappa shape index (κ1) is 56.7. The molecule has 297 valence electrons. The van der Waals surface area contributed by atoms with Crippen LogP contribution in [-0.2, 0) is 44.6 Å². The molecule has 1 radical (unpaired) electrons. The minimum absolute atomic E-state index is 0. The maximum absolute atomic E-state index is 11.4. The van der Waals surface area contributed by atoms with Gasteiger partial charge >= 0.3 is 17.4 Å². The van der Waals surface area contributed by atoms with Crippen molar-refractivity contribution < 1.29 is 59.3 Å². The number of unbranched alkanes of at least 4 members (excludes halogenated alkanes) is 18. The van der Waals surface area contributed by atoms with E-state index in [4.69, 9.17) is 13.6 Å². The van der Waals surface area contributed by atoms with Crippen LogP contribution in [0.25, 0.3) is 0 Å². The van der Waals surface area contributed by atoms with E-state index >= 15 is 0 Å². The molecule has 0 heterocycles. The molecule has 0 aliphatic rings. The van der Waals surface area contributed by atoms with Crippen molar-refractivity contribution in [2.24, 2.45) is 0 Å². The van der Waals surface area contributed by atoms with Crippen molar-refractivity contribution in [1.29, 1.82) is 0 Å². The van der Waals surface area contributed by atoms with Gasteiger partial charge in [0.1, 0.15) is 22.8 Å². The molecule has 0 saturated carbocycles. The standard InChI is InChI=1S/3C12H27O3P.Cr/c3*1-3-5-7-9-11-15-16(13,14)12-10-8-6-4-2;/h3*3-12H2,1-2H3,(H,13,14);/q;;;+3/p-3. The molecule has 0 aromatic heterocycles. The zero-order valence-electron chi connectivity index (χ0n) is 32.6. The molecule has 0 aliphatic carbocycles. The van der Waals surface area contributed by atoms with Crippen molar-refractivity contribution in [2.75, 3.05) is 38.3 Å². The maximum Gasteiger partial charge on any atom is 3.00 e. The van der Waals surface area contributed by atoms with Crippen molar-refractivity contribution >= 4 is 22.8 Å². The Hall–Kier alpha value is 0.982. The van der Waals surface area contributed by atoms with Gasteiger partial charge in [-0.1, -0.05) is 157 Å². The molecule has 0 aliphatic heterocycles. The first-order valence-corrected chi connectivity index (χ1v) is 24.9. The van der Waals surface area contributed by atoms with Crippen LogP contribution < -0.4 is 14.7 Å². The minimum Gasteiger partial charge on any atom is -0.778 e. The number of hydrogen-bond donors (Lipinski definition) is 0. The first-order chi connectivity index (χ1) is 22.9. The Morgan fingerprint density at radius 3 is 0.694 bits per heavy atom. The second-order valence-electron chi connectivity index (χ2n) is 12.9. The molecule has 0 fully saturated rings. The van der Waals surface area contributed by atoms with E-state index in [0.717, 1.165) is 154 Å². The summed E-state index contributed by atoms with van der Waals surface area (Å²) in [6.45, 7) is 13.8. The van der Waals surface area contributed by atoms with Gasteiger partial charge < -0.3 is 41.9 Å². The number of hydrogen-bond acceptors (Lipinski definition) is 9. The maximum atomic E-state index is 11.4. The molecule has 0 rings (SSSR count). The Morgan fingerprint density at radius 1 is 0.327 bits per heavy atom. The van der Waals surface area contributed by atoms with Crippen LogP contribution in [-0.4, -0.2) is 38.3 Å². The largest absolute Gasteiger partial charge is 3.00 e. The molecule has 0 spiro atoms. The summed E-state index contributed by atoms with van der Waals surface area (Å²) in [5, 5.41) is 0. The average Bonchev–Trinajstić information content (AvgIpc) is 3.04. The number of rotatable bonds is 33. The fourth-order valence-electron chi connectivity index (χ4n) is 4.59. The van der Waals surface area contributed by atoms with E-state index in [-0.39, 0.29) is 35.8 Å². The van der Waals surface area contributed by atoms with Crippen LogP contribution in [0, 0.1) is 0 Å². The normalized spacial score (nSPS) is 14.6. The van der Waals surface area contributed by atoms with Gasteiger partial charge in [0, 0.05) is 18.5 Å². The monoisotopic (exact) mass is 799 g/mol. The van der Waals surface area contributed by atoms with Gasteiger partial charge in [0.25, 0.3) is 0 Å². The van der Waals surface area contributed by atoms with E-state index in [2.05, 4.69) is 41.5 Å². The van der Waals surface area contributed by atoms with E-state index in [9.17, 15) is 28.4 Å².